The van der Waals surface area contributed by atoms with Crippen molar-refractivity contribution in [3.05, 3.63) is 52.7 Å². The van der Waals surface area contributed by atoms with E-state index in [9.17, 15) is 0 Å². The van der Waals surface area contributed by atoms with Gasteiger partial charge in [0.25, 0.3) is 0 Å². The zero-order chi connectivity index (χ0) is 16.5. The van der Waals surface area contributed by atoms with Crippen molar-refractivity contribution < 1.29 is 4.74 Å². The van der Waals surface area contributed by atoms with E-state index in [4.69, 9.17) is 4.74 Å². The molecule has 3 aromatic rings. The van der Waals surface area contributed by atoms with Crippen LogP contribution < -0.4 is 10.1 Å². The first-order valence-electron chi connectivity index (χ1n) is 7.77. The van der Waals surface area contributed by atoms with Gasteiger partial charge in [0, 0.05) is 12.0 Å². The lowest BCUT2D eigenvalue weighted by molar-refractivity contribution is 0.302. The maximum atomic E-state index is 5.90. The molecule has 0 bridgehead atoms. The molecular weight excluding hydrogens is 306 g/mol. The molecule has 8 heteroatoms. The van der Waals surface area contributed by atoms with Gasteiger partial charge in [-0.1, -0.05) is 23.4 Å². The Hall–Kier alpha value is -3.03. The molecule has 1 atom stereocenters. The summed E-state index contributed by atoms with van der Waals surface area (Å²) in [5.41, 5.74) is 3.07. The number of nitrogens with zero attached hydrogens (tertiary/aromatic N) is 5. The normalized spacial score (nSPS) is 14.1. The molecule has 1 aliphatic heterocycles. The van der Waals surface area contributed by atoms with Crippen LogP contribution in [0.2, 0.25) is 0 Å². The van der Waals surface area contributed by atoms with Gasteiger partial charge < -0.3 is 10.1 Å². The fourth-order valence-electron chi connectivity index (χ4n) is 2.83. The van der Waals surface area contributed by atoms with Gasteiger partial charge in [0.05, 0.1) is 11.7 Å². The van der Waals surface area contributed by atoms with Crippen LogP contribution in [0.1, 0.15) is 41.4 Å². The largest absolute Gasteiger partial charge is 0.487 e. The third kappa shape index (κ3) is 2.66. The summed E-state index contributed by atoms with van der Waals surface area (Å²) in [5, 5.41) is 17.5. The van der Waals surface area contributed by atoms with Crippen molar-refractivity contribution in [2.45, 2.75) is 32.9 Å². The molecule has 0 fully saturated rings. The number of benzene rings is 1. The van der Waals surface area contributed by atoms with E-state index in [-0.39, 0.29) is 6.04 Å². The SMILES string of the molecule is Cc1nc2c(c(N[C@H](C)c3nn[nH]n3)n1)Cc1ccccc1OC2. The third-order valence-electron chi connectivity index (χ3n) is 4.01. The van der Waals surface area contributed by atoms with Gasteiger partial charge in [-0.05, 0) is 25.5 Å². The molecule has 24 heavy (non-hydrogen) atoms. The van der Waals surface area contributed by atoms with Crippen LogP contribution >= 0.6 is 0 Å². The number of ether oxygens (including phenoxy) is 1. The Bertz CT molecular complexity index is 863. The van der Waals surface area contributed by atoms with Gasteiger partial charge in [0.15, 0.2) is 5.82 Å². The van der Waals surface area contributed by atoms with E-state index in [2.05, 4.69) is 42.0 Å². The highest BCUT2D eigenvalue weighted by atomic mass is 16.5. The molecule has 0 amide bonds. The van der Waals surface area contributed by atoms with Crippen molar-refractivity contribution in [1.82, 2.24) is 30.6 Å². The fraction of sp³-hybridized carbons (Fsp3) is 0.312. The number of aromatic nitrogens is 6. The summed E-state index contributed by atoms with van der Waals surface area (Å²) in [6.45, 7) is 4.28. The van der Waals surface area contributed by atoms with Crippen molar-refractivity contribution in [2.24, 2.45) is 0 Å². The number of aromatic amines is 1. The highest BCUT2D eigenvalue weighted by molar-refractivity contribution is 5.52. The molecule has 3 heterocycles. The topological polar surface area (TPSA) is 102 Å². The van der Waals surface area contributed by atoms with Crippen LogP contribution in [-0.2, 0) is 13.0 Å². The van der Waals surface area contributed by atoms with Gasteiger partial charge in [-0.15, -0.1) is 10.2 Å². The first-order valence-corrected chi connectivity index (χ1v) is 7.77. The van der Waals surface area contributed by atoms with Crippen molar-refractivity contribution in [3.8, 4) is 5.75 Å². The van der Waals surface area contributed by atoms with Gasteiger partial charge in [0.2, 0.25) is 0 Å². The maximum absolute atomic E-state index is 5.90. The minimum Gasteiger partial charge on any atom is -0.487 e. The van der Waals surface area contributed by atoms with E-state index in [0.717, 1.165) is 28.4 Å². The van der Waals surface area contributed by atoms with Crippen LogP contribution in [-0.4, -0.2) is 30.6 Å². The molecule has 2 aromatic heterocycles. The number of tetrazole rings is 1. The Morgan fingerprint density at radius 2 is 2.12 bits per heavy atom. The quantitative estimate of drug-likeness (QED) is 0.759. The average Bonchev–Trinajstić information content (AvgIpc) is 3.04. The Labute approximate surface area is 138 Å². The van der Waals surface area contributed by atoms with Crippen LogP contribution in [0.15, 0.2) is 24.3 Å². The number of hydrogen-bond acceptors (Lipinski definition) is 7. The van der Waals surface area contributed by atoms with Gasteiger partial charge in [-0.3, -0.25) is 0 Å². The number of anilines is 1. The van der Waals surface area contributed by atoms with Gasteiger partial charge >= 0.3 is 0 Å². The Balaban J connectivity index is 1.72. The van der Waals surface area contributed by atoms with E-state index in [1.54, 1.807) is 0 Å². The van der Waals surface area contributed by atoms with Crippen LogP contribution in [0.25, 0.3) is 0 Å². The second kappa shape index (κ2) is 5.88. The van der Waals surface area contributed by atoms with Crippen LogP contribution in [0.3, 0.4) is 0 Å². The summed E-state index contributed by atoms with van der Waals surface area (Å²) in [5.74, 6) is 2.97. The molecule has 0 saturated heterocycles. The van der Waals surface area contributed by atoms with Gasteiger partial charge in [-0.25, -0.2) is 9.97 Å². The van der Waals surface area contributed by atoms with E-state index >= 15 is 0 Å². The zero-order valence-corrected chi connectivity index (χ0v) is 13.4. The lowest BCUT2D eigenvalue weighted by Gasteiger charge is -2.16. The van der Waals surface area contributed by atoms with Crippen molar-refractivity contribution in [2.75, 3.05) is 5.32 Å². The number of aryl methyl sites for hydroxylation is 1. The molecule has 1 aromatic carbocycles. The first kappa shape index (κ1) is 14.6. The van der Waals surface area contributed by atoms with Crippen LogP contribution in [0, 0.1) is 6.92 Å². The Morgan fingerprint density at radius 3 is 2.96 bits per heavy atom. The molecule has 0 saturated carbocycles. The molecule has 1 aliphatic rings. The molecule has 0 radical (unpaired) electrons. The summed E-state index contributed by atoms with van der Waals surface area (Å²) < 4.78 is 5.90. The summed E-state index contributed by atoms with van der Waals surface area (Å²) in [4.78, 5) is 9.15. The minimum absolute atomic E-state index is 0.124. The highest BCUT2D eigenvalue weighted by Crippen LogP contribution is 2.31. The number of fused-ring (bicyclic) bond motifs is 2. The standard InChI is InChI=1S/C16H17N7O/c1-9(15-20-22-23-21-15)17-16-12-7-11-5-3-4-6-14(11)24-8-13(12)18-10(2)19-16/h3-6,9H,7-8H2,1-2H3,(H,17,18,19)(H,20,21,22,23)/t9-/m1/s1. The minimum atomic E-state index is -0.124. The highest BCUT2D eigenvalue weighted by Gasteiger charge is 2.21. The Morgan fingerprint density at radius 1 is 1.25 bits per heavy atom. The molecule has 0 spiro atoms. The Kier molecular flexibility index (Phi) is 3.56. The number of rotatable bonds is 3. The molecule has 4 rings (SSSR count). The predicted octanol–water partition coefficient (Wildman–Crippen LogP) is 1.95. The third-order valence-corrected chi connectivity index (χ3v) is 4.01. The number of para-hydroxylation sites is 1. The fourth-order valence-corrected chi connectivity index (χ4v) is 2.83. The van der Waals surface area contributed by atoms with Crippen LogP contribution in [0.5, 0.6) is 5.75 Å². The maximum Gasteiger partial charge on any atom is 0.196 e. The molecule has 2 N–H and O–H groups in total. The second-order valence-electron chi connectivity index (χ2n) is 5.75. The van der Waals surface area contributed by atoms with E-state index in [1.807, 2.05) is 32.0 Å². The number of hydrogen-bond donors (Lipinski definition) is 2. The molecule has 0 unspecified atom stereocenters. The molecule has 122 valence electrons. The molecule has 0 aliphatic carbocycles. The number of H-pyrrole nitrogens is 1. The summed E-state index contributed by atoms with van der Waals surface area (Å²) in [6.07, 6.45) is 0.715. The average molecular weight is 323 g/mol. The van der Waals surface area contributed by atoms with Crippen molar-refractivity contribution in [3.63, 3.8) is 0 Å². The van der Waals surface area contributed by atoms with E-state index < -0.39 is 0 Å². The van der Waals surface area contributed by atoms with Gasteiger partial charge in [0.1, 0.15) is 24.0 Å². The molecular formula is C16H17N7O. The van der Waals surface area contributed by atoms with Crippen LogP contribution in [0.4, 0.5) is 5.82 Å². The van der Waals surface area contributed by atoms with Gasteiger partial charge in [-0.2, -0.15) is 5.21 Å². The monoisotopic (exact) mass is 323 g/mol. The second-order valence-corrected chi connectivity index (χ2v) is 5.75. The summed E-state index contributed by atoms with van der Waals surface area (Å²) in [6, 6.07) is 7.91. The van der Waals surface area contributed by atoms with E-state index in [1.165, 1.54) is 0 Å². The van der Waals surface area contributed by atoms with E-state index in [0.29, 0.717) is 24.7 Å². The zero-order valence-electron chi connectivity index (χ0n) is 13.4. The van der Waals surface area contributed by atoms with Crippen molar-refractivity contribution >= 4 is 5.82 Å². The van der Waals surface area contributed by atoms with Crippen molar-refractivity contribution in [1.29, 1.82) is 0 Å². The lowest BCUT2D eigenvalue weighted by atomic mass is 10.0. The molecule has 8 nitrogen and oxygen atoms in total. The lowest BCUT2D eigenvalue weighted by Crippen LogP contribution is -2.15. The first-order chi connectivity index (χ1) is 11.7. The summed E-state index contributed by atoms with van der Waals surface area (Å²) in [7, 11) is 0. The predicted molar refractivity (Wildman–Crippen MR) is 86.6 cm³/mol. The summed E-state index contributed by atoms with van der Waals surface area (Å²) >= 11 is 0. The number of nitrogens with one attached hydrogen (secondary N) is 2. The smallest absolute Gasteiger partial charge is 0.196 e.